The fourth-order valence-corrected chi connectivity index (χ4v) is 4.18. The maximum atomic E-state index is 12.6. The van der Waals surface area contributed by atoms with E-state index in [4.69, 9.17) is 33.9 Å². The van der Waals surface area contributed by atoms with Crippen LogP contribution in [-0.4, -0.2) is 125 Å². The molecule has 5 N–H and O–H groups in total. The Labute approximate surface area is 264 Å². The van der Waals surface area contributed by atoms with Gasteiger partial charge in [-0.05, 0) is 30.7 Å². The molecule has 2 rings (SSSR count). The van der Waals surface area contributed by atoms with Crippen molar-refractivity contribution in [2.75, 3.05) is 77.3 Å². The standard InChI is InChI=1S/C27H37N5O13S/c33-23(28-7-10-41-13-15-44-19-25(36)37)18-43-14-12-42-11-8-29-26(38)20-16-30-27(31-17-20)32-46(39,40)22-5-3-21(4-6-22)45-9-1-2-24(34)35/h3-6,16-17H,1-2,7-15,18-19H2,(H,28,33)(H,29,38)(H,34,35)(H,36,37)(H,30,31,32). The molecule has 254 valence electrons. The average molecular weight is 672 g/mol. The van der Waals surface area contributed by atoms with Crippen molar-refractivity contribution in [3.05, 3.63) is 42.2 Å². The van der Waals surface area contributed by atoms with Gasteiger partial charge in [0.05, 0.1) is 56.7 Å². The van der Waals surface area contributed by atoms with Gasteiger partial charge in [-0.1, -0.05) is 0 Å². The van der Waals surface area contributed by atoms with E-state index in [1.165, 1.54) is 24.3 Å². The van der Waals surface area contributed by atoms with Gasteiger partial charge in [0.1, 0.15) is 19.0 Å². The van der Waals surface area contributed by atoms with Gasteiger partial charge in [-0.3, -0.25) is 14.4 Å². The van der Waals surface area contributed by atoms with Crippen LogP contribution in [0.4, 0.5) is 5.95 Å². The molecule has 0 radical (unpaired) electrons. The fourth-order valence-electron chi connectivity index (χ4n) is 3.22. The molecular weight excluding hydrogens is 634 g/mol. The van der Waals surface area contributed by atoms with Crippen LogP contribution < -0.4 is 20.1 Å². The highest BCUT2D eigenvalue weighted by Gasteiger charge is 2.16. The van der Waals surface area contributed by atoms with E-state index in [0.29, 0.717) is 12.2 Å². The molecule has 0 saturated heterocycles. The minimum Gasteiger partial charge on any atom is -0.494 e. The molecule has 0 saturated carbocycles. The molecule has 0 aliphatic carbocycles. The zero-order chi connectivity index (χ0) is 33.6. The first kappa shape index (κ1) is 37.8. The Morgan fingerprint density at radius 3 is 1.91 bits per heavy atom. The monoisotopic (exact) mass is 671 g/mol. The highest BCUT2D eigenvalue weighted by Crippen LogP contribution is 2.18. The topological polar surface area (TPSA) is 251 Å². The number of ether oxygens (including phenoxy) is 5. The van der Waals surface area contributed by atoms with Crippen LogP contribution in [-0.2, 0) is 43.4 Å². The summed E-state index contributed by atoms with van der Waals surface area (Å²) >= 11 is 0. The molecule has 2 aromatic rings. The van der Waals surface area contributed by atoms with E-state index in [0.717, 1.165) is 12.4 Å². The quantitative estimate of drug-likeness (QED) is 0.0836. The van der Waals surface area contributed by atoms with Crippen LogP contribution in [0.3, 0.4) is 0 Å². The van der Waals surface area contributed by atoms with Gasteiger partial charge in [0, 0.05) is 31.9 Å². The van der Waals surface area contributed by atoms with Crippen LogP contribution in [0.1, 0.15) is 23.2 Å². The van der Waals surface area contributed by atoms with Crippen LogP contribution in [0, 0.1) is 0 Å². The zero-order valence-electron chi connectivity index (χ0n) is 24.8. The second kappa shape index (κ2) is 21.3. The molecular formula is C27H37N5O13S. The third-order valence-corrected chi connectivity index (χ3v) is 6.72. The predicted octanol–water partition coefficient (Wildman–Crippen LogP) is -0.482. The molecule has 0 unspecified atom stereocenters. The van der Waals surface area contributed by atoms with Gasteiger partial charge in [-0.25, -0.2) is 27.9 Å². The highest BCUT2D eigenvalue weighted by molar-refractivity contribution is 7.92. The van der Waals surface area contributed by atoms with Crippen LogP contribution >= 0.6 is 0 Å². The molecule has 0 spiro atoms. The van der Waals surface area contributed by atoms with Crippen LogP contribution in [0.15, 0.2) is 41.6 Å². The van der Waals surface area contributed by atoms with E-state index in [1.54, 1.807) is 0 Å². The molecule has 0 aliphatic heterocycles. The minimum atomic E-state index is -4.02. The van der Waals surface area contributed by atoms with E-state index in [1.807, 2.05) is 0 Å². The minimum absolute atomic E-state index is 0.0369. The SMILES string of the molecule is O=C(O)CCCOc1ccc(S(=O)(=O)Nc2ncc(C(=O)NCCOCCOCC(=O)NCCOCCOCC(=O)O)cn2)cc1. The summed E-state index contributed by atoms with van der Waals surface area (Å²) in [6.07, 6.45) is 2.60. The lowest BCUT2D eigenvalue weighted by atomic mass is 10.3. The predicted molar refractivity (Wildman–Crippen MR) is 158 cm³/mol. The van der Waals surface area contributed by atoms with Crippen molar-refractivity contribution in [2.45, 2.75) is 17.7 Å². The summed E-state index contributed by atoms with van der Waals surface area (Å²) in [4.78, 5) is 52.5. The zero-order valence-corrected chi connectivity index (χ0v) is 25.7. The van der Waals surface area contributed by atoms with E-state index < -0.39 is 34.5 Å². The van der Waals surface area contributed by atoms with Crippen LogP contribution in [0.5, 0.6) is 5.75 Å². The number of nitrogens with one attached hydrogen (secondary N) is 3. The van der Waals surface area contributed by atoms with E-state index in [2.05, 4.69) is 25.3 Å². The molecule has 0 fully saturated rings. The molecule has 18 nitrogen and oxygen atoms in total. The summed E-state index contributed by atoms with van der Waals surface area (Å²) in [7, 11) is -4.02. The number of sulfonamides is 1. The van der Waals surface area contributed by atoms with Crippen molar-refractivity contribution in [2.24, 2.45) is 0 Å². The van der Waals surface area contributed by atoms with Crippen molar-refractivity contribution < 1.29 is 61.5 Å². The number of hydrogen-bond acceptors (Lipinski definition) is 13. The number of nitrogens with zero attached hydrogens (tertiary/aromatic N) is 2. The Balaban J connectivity index is 1.55. The first-order valence-electron chi connectivity index (χ1n) is 13.9. The summed E-state index contributed by atoms with van der Waals surface area (Å²) in [5.41, 5.74) is 0.0959. The third kappa shape index (κ3) is 16.6. The number of carbonyl (C=O) groups excluding carboxylic acids is 2. The fraction of sp³-hybridized carbons (Fsp3) is 0.481. The van der Waals surface area contributed by atoms with Gasteiger partial charge >= 0.3 is 11.9 Å². The maximum Gasteiger partial charge on any atom is 0.329 e. The second-order valence-corrected chi connectivity index (χ2v) is 10.7. The molecule has 0 atom stereocenters. The Kier molecular flexibility index (Phi) is 17.5. The van der Waals surface area contributed by atoms with E-state index >= 15 is 0 Å². The number of carboxylic acids is 2. The molecule has 1 aromatic heterocycles. The number of carboxylic acid groups (broad SMARTS) is 2. The Morgan fingerprint density at radius 1 is 0.717 bits per heavy atom. The lowest BCUT2D eigenvalue weighted by Crippen LogP contribution is -2.31. The van der Waals surface area contributed by atoms with E-state index in [9.17, 15) is 27.6 Å². The normalized spacial score (nSPS) is 11.0. The molecule has 1 aromatic carbocycles. The number of rotatable bonds is 25. The van der Waals surface area contributed by atoms with Gasteiger partial charge in [0.2, 0.25) is 11.9 Å². The molecule has 1 heterocycles. The van der Waals surface area contributed by atoms with Crippen LogP contribution in [0.25, 0.3) is 0 Å². The molecule has 0 aliphatic rings. The first-order valence-corrected chi connectivity index (χ1v) is 15.4. The smallest absolute Gasteiger partial charge is 0.329 e. The summed E-state index contributed by atoms with van der Waals surface area (Å²) in [6, 6.07) is 5.51. The Hall–Kier alpha value is -4.43. The summed E-state index contributed by atoms with van der Waals surface area (Å²) in [5, 5.41) is 22.3. The highest BCUT2D eigenvalue weighted by atomic mass is 32.2. The summed E-state index contributed by atoms with van der Waals surface area (Å²) in [6.45, 7) is 1.10. The number of aliphatic carboxylic acids is 2. The molecule has 2 amide bonds. The van der Waals surface area contributed by atoms with Crippen LogP contribution in [0.2, 0.25) is 0 Å². The number of amides is 2. The number of benzene rings is 1. The van der Waals surface area contributed by atoms with Gasteiger partial charge in [-0.2, -0.15) is 0 Å². The van der Waals surface area contributed by atoms with Crippen molar-refractivity contribution in [3.63, 3.8) is 0 Å². The average Bonchev–Trinajstić information content (AvgIpc) is 3.02. The molecule has 46 heavy (non-hydrogen) atoms. The number of aromatic nitrogens is 2. The maximum absolute atomic E-state index is 12.6. The first-order chi connectivity index (χ1) is 22.1. The van der Waals surface area contributed by atoms with Crippen molar-refractivity contribution in [3.8, 4) is 5.75 Å². The van der Waals surface area contributed by atoms with Crippen molar-refractivity contribution in [1.29, 1.82) is 0 Å². The third-order valence-electron chi connectivity index (χ3n) is 5.38. The van der Waals surface area contributed by atoms with Crippen molar-refractivity contribution >= 4 is 39.7 Å². The lowest BCUT2D eigenvalue weighted by Gasteiger charge is -2.09. The van der Waals surface area contributed by atoms with E-state index in [-0.39, 0.29) is 94.7 Å². The summed E-state index contributed by atoms with van der Waals surface area (Å²) in [5.74, 6) is -2.69. The Bertz CT molecular complexity index is 1340. The van der Waals surface area contributed by atoms with Gasteiger partial charge in [0.15, 0.2) is 0 Å². The van der Waals surface area contributed by atoms with Gasteiger partial charge in [-0.15, -0.1) is 0 Å². The van der Waals surface area contributed by atoms with Crippen molar-refractivity contribution in [1.82, 2.24) is 20.6 Å². The number of anilines is 1. The number of hydrogen-bond donors (Lipinski definition) is 5. The lowest BCUT2D eigenvalue weighted by molar-refractivity contribution is -0.143. The van der Waals surface area contributed by atoms with Gasteiger partial charge < -0.3 is 44.5 Å². The molecule has 0 bridgehead atoms. The molecule has 19 heteroatoms. The largest absolute Gasteiger partial charge is 0.494 e. The Morgan fingerprint density at radius 2 is 1.30 bits per heavy atom. The summed E-state index contributed by atoms with van der Waals surface area (Å²) < 4.78 is 53.4. The van der Waals surface area contributed by atoms with Gasteiger partial charge in [0.25, 0.3) is 15.9 Å². The second-order valence-electron chi connectivity index (χ2n) is 9.05. The number of carbonyl (C=O) groups is 4.